The average molecular weight is 761 g/mol. The van der Waals surface area contributed by atoms with Crippen LogP contribution in [-0.4, -0.2) is 120 Å². The van der Waals surface area contributed by atoms with E-state index < -0.39 is 96.8 Å². The molecule has 16 nitrogen and oxygen atoms in total. The number of aliphatic hydroxyl groups is 4. The molecule has 0 spiro atoms. The SMILES string of the molecule is CC(=O)OC(C)=O.CC(=O)OCC1OC(OC(C)=O)C(OC(C)=O)C(C)C1C.COC1OC(CO)C(O)C(O)C1O.[Cl][Fe]([Cl])[Cl]. The number of carbonyl (C=O) groups excluding carboxylic acids is 5. The molecule has 2 aliphatic heterocycles. The predicted octanol–water partition coefficient (Wildman–Crippen LogP) is 0.636. The molecule has 0 aliphatic carbocycles. The summed E-state index contributed by atoms with van der Waals surface area (Å²) in [5.74, 6) is -2.71. The first-order chi connectivity index (χ1) is 20.7. The van der Waals surface area contributed by atoms with Crippen LogP contribution in [0.4, 0.5) is 0 Å². The molecule has 2 saturated heterocycles. The third-order valence-corrected chi connectivity index (χ3v) is 5.91. The molecular formula is C25H42Cl3FeO16. The van der Waals surface area contributed by atoms with E-state index in [-0.39, 0.29) is 18.4 Å². The molecule has 2 rings (SSSR count). The molecule has 20 heteroatoms. The molecule has 0 radical (unpaired) electrons. The Labute approximate surface area is 278 Å². The third kappa shape index (κ3) is 19.8. The summed E-state index contributed by atoms with van der Waals surface area (Å²) in [4.78, 5) is 52.9. The zero-order chi connectivity index (χ0) is 35.6. The first kappa shape index (κ1) is 45.8. The minimum atomic E-state index is -1.36. The fourth-order valence-corrected chi connectivity index (χ4v) is 3.73. The van der Waals surface area contributed by atoms with Crippen LogP contribution < -0.4 is 0 Å². The van der Waals surface area contributed by atoms with Crippen LogP contribution in [0.2, 0.25) is 0 Å². The zero-order valence-electron chi connectivity index (χ0n) is 25.9. The molecule has 0 bridgehead atoms. The van der Waals surface area contributed by atoms with Gasteiger partial charge in [0.1, 0.15) is 31.0 Å². The van der Waals surface area contributed by atoms with Crippen LogP contribution in [-0.2, 0) is 68.3 Å². The normalized spacial score (nSPS) is 30.6. The Kier molecular flexibility index (Phi) is 24.3. The Morgan fingerprint density at radius 3 is 1.51 bits per heavy atom. The monoisotopic (exact) mass is 759 g/mol. The molecule has 2 aliphatic rings. The van der Waals surface area contributed by atoms with E-state index in [0.29, 0.717) is 0 Å². The van der Waals surface area contributed by atoms with E-state index in [4.69, 9.17) is 63.8 Å². The second-order valence-electron chi connectivity index (χ2n) is 9.42. The van der Waals surface area contributed by atoms with Crippen molar-refractivity contribution >= 4 is 60.1 Å². The van der Waals surface area contributed by atoms with Crippen molar-refractivity contribution in [1.82, 2.24) is 0 Å². The second-order valence-corrected chi connectivity index (χ2v) is 14.9. The molecule has 0 amide bonds. The number of hydrogen-bond acceptors (Lipinski definition) is 16. The molecular weight excluding hydrogens is 718 g/mol. The van der Waals surface area contributed by atoms with E-state index in [1.54, 1.807) is 0 Å². The molecule has 10 atom stereocenters. The molecule has 0 aromatic heterocycles. The summed E-state index contributed by atoms with van der Waals surface area (Å²) in [5, 5.41) is 36.6. The van der Waals surface area contributed by atoms with Gasteiger partial charge in [-0.15, -0.1) is 0 Å². The van der Waals surface area contributed by atoms with Crippen molar-refractivity contribution in [3.8, 4) is 0 Å². The van der Waals surface area contributed by atoms with Crippen molar-refractivity contribution in [2.45, 2.75) is 97.7 Å². The molecule has 10 unspecified atom stereocenters. The van der Waals surface area contributed by atoms with Crippen LogP contribution in [0.15, 0.2) is 0 Å². The van der Waals surface area contributed by atoms with Gasteiger partial charge in [0.05, 0.1) is 12.7 Å². The fraction of sp³-hybridized carbons (Fsp3) is 0.800. The number of aliphatic hydroxyl groups excluding tert-OH is 4. The van der Waals surface area contributed by atoms with Crippen LogP contribution in [0.5, 0.6) is 0 Å². The second kappa shape index (κ2) is 23.9. The number of ether oxygens (including phenoxy) is 7. The maximum absolute atomic E-state index is 11.2. The van der Waals surface area contributed by atoms with Crippen LogP contribution in [0.1, 0.15) is 48.5 Å². The standard InChI is InChI=1S/C14H22O7.C7H14O6.C4H6O3.3ClH.Fe/c1-7-8(2)13(19-10(4)16)14(20-11(5)17)21-12(7)6-18-9(3)15;1-12-7-6(11)5(10)4(9)3(2-8)13-7;1-3(5)7-4(2)6;;;;/h7-8,12-14H,6H2,1-5H3;3-11H,2H2,1H3;1-2H3;3*1H;/q;;;;;;+3/p-3. The number of halogens is 3. The Bertz CT molecular complexity index is 892. The summed E-state index contributed by atoms with van der Waals surface area (Å²) in [6.07, 6.45) is -8.03. The molecule has 0 aromatic rings. The summed E-state index contributed by atoms with van der Waals surface area (Å²) >= 11 is -1.33. The maximum atomic E-state index is 11.2. The number of methoxy groups -OCH3 is 1. The van der Waals surface area contributed by atoms with Gasteiger partial charge in [0.25, 0.3) is 0 Å². The van der Waals surface area contributed by atoms with Crippen molar-refractivity contribution < 1.29 is 88.7 Å². The van der Waals surface area contributed by atoms with E-state index in [0.717, 1.165) is 0 Å². The Balaban J connectivity index is 0. The van der Waals surface area contributed by atoms with Gasteiger partial charge >= 0.3 is 71.3 Å². The van der Waals surface area contributed by atoms with Gasteiger partial charge in [-0.05, 0) is 5.92 Å². The molecule has 2 fully saturated rings. The van der Waals surface area contributed by atoms with Gasteiger partial charge in [0, 0.05) is 47.6 Å². The van der Waals surface area contributed by atoms with Gasteiger partial charge in [-0.25, -0.2) is 0 Å². The summed E-state index contributed by atoms with van der Waals surface area (Å²) in [5.41, 5.74) is 0. The molecule has 2 heterocycles. The Morgan fingerprint density at radius 2 is 1.16 bits per heavy atom. The van der Waals surface area contributed by atoms with Crippen LogP contribution in [0.25, 0.3) is 0 Å². The van der Waals surface area contributed by atoms with Crippen molar-refractivity contribution in [3.63, 3.8) is 0 Å². The molecule has 0 aromatic carbocycles. The van der Waals surface area contributed by atoms with E-state index in [2.05, 4.69) is 4.74 Å². The van der Waals surface area contributed by atoms with Crippen LogP contribution in [0.3, 0.4) is 0 Å². The topological polar surface area (TPSA) is 231 Å². The summed E-state index contributed by atoms with van der Waals surface area (Å²) in [7, 11) is 16.0. The van der Waals surface area contributed by atoms with Gasteiger partial charge in [-0.3, -0.25) is 24.0 Å². The van der Waals surface area contributed by atoms with E-state index >= 15 is 0 Å². The van der Waals surface area contributed by atoms with E-state index in [9.17, 15) is 39.3 Å². The quantitative estimate of drug-likeness (QED) is 0.126. The third-order valence-electron chi connectivity index (χ3n) is 5.91. The van der Waals surface area contributed by atoms with Crippen LogP contribution >= 0.6 is 30.3 Å². The first-order valence-corrected chi connectivity index (χ1v) is 17.6. The van der Waals surface area contributed by atoms with Gasteiger partial charge < -0.3 is 53.6 Å². The fourth-order valence-electron chi connectivity index (χ4n) is 3.73. The van der Waals surface area contributed by atoms with Crippen molar-refractivity contribution in [2.75, 3.05) is 20.3 Å². The number of esters is 5. The average Bonchev–Trinajstić information content (AvgIpc) is 2.90. The Hall–Kier alpha value is -1.34. The van der Waals surface area contributed by atoms with Crippen molar-refractivity contribution in [3.05, 3.63) is 0 Å². The molecule has 267 valence electrons. The van der Waals surface area contributed by atoms with Gasteiger partial charge in [0.15, 0.2) is 12.4 Å². The number of hydrogen-bond donors (Lipinski definition) is 4. The van der Waals surface area contributed by atoms with E-state index in [1.807, 2.05) is 13.8 Å². The summed E-state index contributed by atoms with van der Waals surface area (Å²) < 4.78 is 34.5. The molecule has 4 N–H and O–H groups in total. The van der Waals surface area contributed by atoms with Gasteiger partial charge in [-0.2, -0.15) is 0 Å². The summed E-state index contributed by atoms with van der Waals surface area (Å²) in [6, 6.07) is 0. The van der Waals surface area contributed by atoms with E-state index in [1.165, 1.54) is 41.7 Å². The summed E-state index contributed by atoms with van der Waals surface area (Å²) in [6.45, 7) is 9.60. The van der Waals surface area contributed by atoms with Crippen LogP contribution in [0, 0.1) is 11.8 Å². The molecule has 0 saturated carbocycles. The Morgan fingerprint density at radius 1 is 0.689 bits per heavy atom. The van der Waals surface area contributed by atoms with Crippen molar-refractivity contribution in [2.24, 2.45) is 11.8 Å². The minimum absolute atomic E-state index is 0.0412. The zero-order valence-corrected chi connectivity index (χ0v) is 29.2. The number of rotatable bonds is 6. The first-order valence-electron chi connectivity index (χ1n) is 13.0. The van der Waals surface area contributed by atoms with Gasteiger partial charge in [0.2, 0.25) is 6.29 Å². The number of carbonyl (C=O) groups is 5. The van der Waals surface area contributed by atoms with Gasteiger partial charge in [-0.1, -0.05) is 13.8 Å². The van der Waals surface area contributed by atoms with Crippen molar-refractivity contribution in [1.29, 1.82) is 0 Å². The molecule has 45 heavy (non-hydrogen) atoms. The predicted molar refractivity (Wildman–Crippen MR) is 152 cm³/mol.